The first kappa shape index (κ1) is 13.8. The van der Waals surface area contributed by atoms with Crippen molar-refractivity contribution in [3.8, 4) is 5.75 Å². The van der Waals surface area contributed by atoms with Gasteiger partial charge in [-0.1, -0.05) is 28.1 Å². The quantitative estimate of drug-likeness (QED) is 0.774. The third-order valence-electron chi connectivity index (χ3n) is 2.86. The zero-order valence-electron chi connectivity index (χ0n) is 10.9. The first-order valence-corrected chi connectivity index (χ1v) is 6.84. The van der Waals surface area contributed by atoms with Crippen LogP contribution >= 0.6 is 15.9 Å². The van der Waals surface area contributed by atoms with Gasteiger partial charge in [0.05, 0.1) is 0 Å². The molecule has 2 aromatic rings. The van der Waals surface area contributed by atoms with Crippen molar-refractivity contribution in [1.82, 2.24) is 0 Å². The first-order chi connectivity index (χ1) is 9.06. The van der Waals surface area contributed by atoms with Crippen molar-refractivity contribution in [3.05, 3.63) is 63.6 Å². The molecule has 0 aromatic heterocycles. The molecule has 0 aliphatic rings. The van der Waals surface area contributed by atoms with Crippen LogP contribution in [0.5, 0.6) is 5.75 Å². The third kappa shape index (κ3) is 3.67. The largest absolute Gasteiger partial charge is 0.489 e. The van der Waals surface area contributed by atoms with Crippen LogP contribution < -0.4 is 4.74 Å². The van der Waals surface area contributed by atoms with Gasteiger partial charge in [-0.05, 0) is 55.3 Å². The third-order valence-corrected chi connectivity index (χ3v) is 3.36. The zero-order chi connectivity index (χ0) is 13.8. The number of carbonyl (C=O) groups is 1. The monoisotopic (exact) mass is 318 g/mol. The summed E-state index contributed by atoms with van der Waals surface area (Å²) in [6.45, 7) is 4.03. The first-order valence-electron chi connectivity index (χ1n) is 6.05. The normalized spacial score (nSPS) is 10.3. The molecule has 0 atom stereocenters. The molecule has 0 fully saturated rings. The Hall–Kier alpha value is -1.61. The number of Topliss-reactive ketones (excluding diaryl/α,β-unsaturated/α-hetero) is 1. The van der Waals surface area contributed by atoms with Crippen molar-refractivity contribution in [1.29, 1.82) is 0 Å². The Kier molecular flexibility index (Phi) is 4.38. The van der Waals surface area contributed by atoms with E-state index in [2.05, 4.69) is 15.9 Å². The molecule has 0 aliphatic heterocycles. The Morgan fingerprint density at radius 3 is 2.63 bits per heavy atom. The number of hydrogen-bond acceptors (Lipinski definition) is 2. The smallest absolute Gasteiger partial charge is 0.159 e. The minimum atomic E-state index is 0.0710. The summed E-state index contributed by atoms with van der Waals surface area (Å²) in [4.78, 5) is 11.3. The van der Waals surface area contributed by atoms with E-state index in [0.29, 0.717) is 12.2 Å². The molecule has 2 rings (SSSR count). The number of aryl methyl sites for hydroxylation is 1. The molecular weight excluding hydrogens is 304 g/mol. The van der Waals surface area contributed by atoms with Crippen LogP contribution in [-0.4, -0.2) is 5.78 Å². The molecule has 0 aliphatic carbocycles. The van der Waals surface area contributed by atoms with Gasteiger partial charge in [-0.2, -0.15) is 0 Å². The van der Waals surface area contributed by atoms with E-state index in [-0.39, 0.29) is 5.78 Å². The van der Waals surface area contributed by atoms with Gasteiger partial charge in [0.25, 0.3) is 0 Å². The molecule has 19 heavy (non-hydrogen) atoms. The highest BCUT2D eigenvalue weighted by molar-refractivity contribution is 9.10. The van der Waals surface area contributed by atoms with Crippen molar-refractivity contribution in [2.24, 2.45) is 0 Å². The minimum Gasteiger partial charge on any atom is -0.489 e. The second kappa shape index (κ2) is 6.02. The molecule has 0 spiro atoms. The number of halogens is 1. The van der Waals surface area contributed by atoms with Crippen LogP contribution in [0.1, 0.15) is 28.4 Å². The summed E-state index contributed by atoms with van der Waals surface area (Å²) >= 11 is 3.44. The Labute approximate surface area is 121 Å². The second-order valence-corrected chi connectivity index (χ2v) is 5.37. The lowest BCUT2D eigenvalue weighted by molar-refractivity contribution is 0.101. The van der Waals surface area contributed by atoms with Gasteiger partial charge in [0.2, 0.25) is 0 Å². The van der Waals surface area contributed by atoms with Crippen LogP contribution in [0, 0.1) is 6.92 Å². The number of benzene rings is 2. The van der Waals surface area contributed by atoms with Crippen LogP contribution in [0.15, 0.2) is 46.9 Å². The lowest BCUT2D eigenvalue weighted by atomic mass is 10.1. The van der Waals surface area contributed by atoms with E-state index in [0.717, 1.165) is 21.3 Å². The summed E-state index contributed by atoms with van der Waals surface area (Å²) in [6, 6.07) is 13.5. The molecule has 0 saturated heterocycles. The summed E-state index contributed by atoms with van der Waals surface area (Å²) in [5.41, 5.74) is 2.79. The predicted molar refractivity (Wildman–Crippen MR) is 79.7 cm³/mol. The Morgan fingerprint density at radius 2 is 2.00 bits per heavy atom. The highest BCUT2D eigenvalue weighted by atomic mass is 79.9. The molecule has 2 nitrogen and oxygen atoms in total. The Bertz CT molecular complexity index is 605. The zero-order valence-corrected chi connectivity index (χ0v) is 12.5. The van der Waals surface area contributed by atoms with Crippen LogP contribution in [0.2, 0.25) is 0 Å². The highest BCUT2D eigenvalue weighted by Crippen LogP contribution is 2.21. The van der Waals surface area contributed by atoms with Gasteiger partial charge < -0.3 is 4.74 Å². The molecule has 0 bridgehead atoms. The Balaban J connectivity index is 2.10. The standard InChI is InChI=1S/C16H15BrO2/c1-11-8-14(12(2)18)6-7-16(11)19-10-13-4-3-5-15(17)9-13/h3-9H,10H2,1-2H3. The van der Waals surface area contributed by atoms with Crippen LogP contribution in [0.4, 0.5) is 0 Å². The van der Waals surface area contributed by atoms with Gasteiger partial charge in [-0.25, -0.2) is 0 Å². The minimum absolute atomic E-state index is 0.0710. The molecular formula is C16H15BrO2. The van der Waals surface area contributed by atoms with Crippen molar-refractivity contribution >= 4 is 21.7 Å². The van der Waals surface area contributed by atoms with Gasteiger partial charge in [0, 0.05) is 10.0 Å². The average Bonchev–Trinajstić information content (AvgIpc) is 2.37. The summed E-state index contributed by atoms with van der Waals surface area (Å²) in [7, 11) is 0. The fourth-order valence-corrected chi connectivity index (χ4v) is 2.26. The van der Waals surface area contributed by atoms with Gasteiger partial charge in [-0.3, -0.25) is 4.79 Å². The van der Waals surface area contributed by atoms with E-state index >= 15 is 0 Å². The van der Waals surface area contributed by atoms with Crippen LogP contribution in [0.3, 0.4) is 0 Å². The van der Waals surface area contributed by atoms with E-state index in [1.54, 1.807) is 13.0 Å². The van der Waals surface area contributed by atoms with Crippen LogP contribution in [-0.2, 0) is 6.61 Å². The van der Waals surface area contributed by atoms with Crippen molar-refractivity contribution in [2.45, 2.75) is 20.5 Å². The number of rotatable bonds is 4. The topological polar surface area (TPSA) is 26.3 Å². The fraction of sp³-hybridized carbons (Fsp3) is 0.188. The maximum atomic E-state index is 11.3. The molecule has 0 N–H and O–H groups in total. The maximum absolute atomic E-state index is 11.3. The molecule has 0 saturated carbocycles. The van der Waals surface area contributed by atoms with Crippen molar-refractivity contribution in [3.63, 3.8) is 0 Å². The van der Waals surface area contributed by atoms with E-state index in [1.807, 2.05) is 43.3 Å². The predicted octanol–water partition coefficient (Wildman–Crippen LogP) is 4.54. The molecule has 0 amide bonds. The molecule has 98 valence electrons. The highest BCUT2D eigenvalue weighted by Gasteiger charge is 2.05. The van der Waals surface area contributed by atoms with Crippen molar-refractivity contribution in [2.75, 3.05) is 0 Å². The summed E-state index contributed by atoms with van der Waals surface area (Å²) in [5.74, 6) is 0.881. The van der Waals surface area contributed by atoms with E-state index in [1.165, 1.54) is 0 Å². The van der Waals surface area contributed by atoms with Crippen LogP contribution in [0.25, 0.3) is 0 Å². The second-order valence-electron chi connectivity index (χ2n) is 4.46. The lowest BCUT2D eigenvalue weighted by Gasteiger charge is -2.10. The van der Waals surface area contributed by atoms with E-state index < -0.39 is 0 Å². The lowest BCUT2D eigenvalue weighted by Crippen LogP contribution is -1.99. The summed E-state index contributed by atoms with van der Waals surface area (Å²) < 4.78 is 6.82. The van der Waals surface area contributed by atoms with Gasteiger partial charge in [0.1, 0.15) is 12.4 Å². The number of carbonyl (C=O) groups excluding carboxylic acids is 1. The number of hydrogen-bond donors (Lipinski definition) is 0. The SMILES string of the molecule is CC(=O)c1ccc(OCc2cccc(Br)c2)c(C)c1. The van der Waals surface area contributed by atoms with Gasteiger partial charge >= 0.3 is 0 Å². The van der Waals surface area contributed by atoms with Crippen molar-refractivity contribution < 1.29 is 9.53 Å². The molecule has 0 heterocycles. The van der Waals surface area contributed by atoms with Gasteiger partial charge in [0.15, 0.2) is 5.78 Å². The van der Waals surface area contributed by atoms with Gasteiger partial charge in [-0.15, -0.1) is 0 Å². The Morgan fingerprint density at radius 1 is 1.21 bits per heavy atom. The maximum Gasteiger partial charge on any atom is 0.159 e. The van der Waals surface area contributed by atoms with E-state index in [9.17, 15) is 4.79 Å². The summed E-state index contributed by atoms with van der Waals surface area (Å²) in [5, 5.41) is 0. The van der Waals surface area contributed by atoms with E-state index in [4.69, 9.17) is 4.74 Å². The number of ketones is 1. The summed E-state index contributed by atoms with van der Waals surface area (Å²) in [6.07, 6.45) is 0. The fourth-order valence-electron chi connectivity index (χ4n) is 1.82. The number of ether oxygens (including phenoxy) is 1. The molecule has 2 aromatic carbocycles. The molecule has 0 unspecified atom stereocenters. The molecule has 0 radical (unpaired) electrons. The molecule has 3 heteroatoms. The average molecular weight is 319 g/mol.